The molecule has 0 radical (unpaired) electrons. The highest BCUT2D eigenvalue weighted by Gasteiger charge is 2.41. The quantitative estimate of drug-likeness (QED) is 0.686. The maximum absolute atomic E-state index is 13.4. The maximum Gasteiger partial charge on any atom is 0.336 e. The molecular weight excluding hydrogens is 408 g/mol. The molecule has 0 unspecified atom stereocenters. The summed E-state index contributed by atoms with van der Waals surface area (Å²) in [6.07, 6.45) is 1.19. The Hall–Kier alpha value is -2.86. The number of rotatable bonds is 5. The Balaban J connectivity index is 1.71. The number of ether oxygens (including phenoxy) is 1. The monoisotopic (exact) mass is 436 g/mol. The van der Waals surface area contributed by atoms with Gasteiger partial charge in [-0.05, 0) is 55.3 Å². The van der Waals surface area contributed by atoms with Crippen LogP contribution in [0.25, 0.3) is 0 Å². The summed E-state index contributed by atoms with van der Waals surface area (Å²) in [5, 5.41) is 5.38. The SMILES string of the molecule is CCOC(=O)C1=C(C)NC2=C(C(=O)C[C@H](c3ccc(N(C)C)cc3)C2)[C@@H]1c1cccs1. The summed E-state index contributed by atoms with van der Waals surface area (Å²) < 4.78 is 5.35. The molecule has 4 rings (SSSR count). The van der Waals surface area contributed by atoms with E-state index in [0.717, 1.165) is 39.5 Å². The maximum atomic E-state index is 13.4. The summed E-state index contributed by atoms with van der Waals surface area (Å²) in [5.41, 5.74) is 5.27. The predicted octanol–water partition coefficient (Wildman–Crippen LogP) is 4.74. The van der Waals surface area contributed by atoms with Gasteiger partial charge < -0.3 is 15.0 Å². The second-order valence-corrected chi connectivity index (χ2v) is 9.22. The molecule has 1 aromatic carbocycles. The first-order valence-electron chi connectivity index (χ1n) is 10.6. The molecule has 6 heteroatoms. The summed E-state index contributed by atoms with van der Waals surface area (Å²) in [4.78, 5) is 29.3. The summed E-state index contributed by atoms with van der Waals surface area (Å²) in [7, 11) is 4.03. The van der Waals surface area contributed by atoms with Crippen molar-refractivity contribution in [1.82, 2.24) is 5.32 Å². The summed E-state index contributed by atoms with van der Waals surface area (Å²) in [5.74, 6) is -0.495. The number of nitrogens with zero attached hydrogens (tertiary/aromatic N) is 1. The standard InChI is InChI=1S/C25H28N2O3S/c1-5-30-25(29)22-15(2)26-19-13-17(16-8-10-18(11-9-16)27(3)4)14-20(28)23(19)24(22)21-7-6-12-31-21/h6-12,17,24,26H,5,13-14H2,1-4H3/t17-,24-/m1/s1. The van der Waals surface area contributed by atoms with Crippen molar-refractivity contribution in [3.63, 3.8) is 0 Å². The van der Waals surface area contributed by atoms with Crippen LogP contribution in [-0.4, -0.2) is 32.5 Å². The Morgan fingerprint density at radius 3 is 2.55 bits per heavy atom. The zero-order chi connectivity index (χ0) is 22.1. The fourth-order valence-electron chi connectivity index (χ4n) is 4.54. The van der Waals surface area contributed by atoms with Crippen molar-refractivity contribution in [3.8, 4) is 0 Å². The molecule has 2 aromatic rings. The average molecular weight is 437 g/mol. The third kappa shape index (κ3) is 4.04. The molecule has 2 aliphatic rings. The fraction of sp³-hybridized carbons (Fsp3) is 0.360. The summed E-state index contributed by atoms with van der Waals surface area (Å²) >= 11 is 1.57. The number of ketones is 1. The van der Waals surface area contributed by atoms with Gasteiger partial charge in [0.05, 0.1) is 18.1 Å². The number of dihydropyridines is 1. The highest BCUT2D eigenvalue weighted by Crippen LogP contribution is 2.46. The van der Waals surface area contributed by atoms with E-state index in [2.05, 4.69) is 34.5 Å². The number of benzene rings is 1. The zero-order valence-electron chi connectivity index (χ0n) is 18.4. The minimum absolute atomic E-state index is 0.100. The number of hydrogen-bond acceptors (Lipinski definition) is 6. The molecule has 0 saturated carbocycles. The van der Waals surface area contributed by atoms with Crippen molar-refractivity contribution < 1.29 is 14.3 Å². The first-order chi connectivity index (χ1) is 14.9. The molecule has 0 spiro atoms. The Labute approximate surface area is 187 Å². The van der Waals surface area contributed by atoms with E-state index in [1.165, 1.54) is 0 Å². The molecule has 1 aliphatic heterocycles. The Morgan fingerprint density at radius 1 is 1.19 bits per heavy atom. The number of anilines is 1. The smallest absolute Gasteiger partial charge is 0.336 e. The Kier molecular flexibility index (Phi) is 6.01. The Bertz CT molecular complexity index is 1050. The van der Waals surface area contributed by atoms with Crippen molar-refractivity contribution >= 4 is 28.8 Å². The van der Waals surface area contributed by atoms with E-state index in [0.29, 0.717) is 18.6 Å². The number of hydrogen-bond donors (Lipinski definition) is 1. The van der Waals surface area contributed by atoms with Gasteiger partial charge in [0.15, 0.2) is 5.78 Å². The minimum Gasteiger partial charge on any atom is -0.463 e. The number of carbonyl (C=O) groups is 2. The molecule has 31 heavy (non-hydrogen) atoms. The van der Waals surface area contributed by atoms with Crippen molar-refractivity contribution in [2.24, 2.45) is 0 Å². The van der Waals surface area contributed by atoms with E-state index in [4.69, 9.17) is 4.74 Å². The van der Waals surface area contributed by atoms with Crippen LogP contribution in [0.1, 0.15) is 49.0 Å². The lowest BCUT2D eigenvalue weighted by Gasteiger charge is -2.36. The van der Waals surface area contributed by atoms with Crippen LogP contribution < -0.4 is 10.2 Å². The van der Waals surface area contributed by atoms with Gasteiger partial charge in [-0.3, -0.25) is 4.79 Å². The van der Waals surface area contributed by atoms with Crippen molar-refractivity contribution in [3.05, 3.63) is 74.8 Å². The minimum atomic E-state index is -0.361. The molecule has 1 N–H and O–H groups in total. The molecule has 0 fully saturated rings. The number of thiophene rings is 1. The summed E-state index contributed by atoms with van der Waals surface area (Å²) in [6.45, 7) is 4.00. The summed E-state index contributed by atoms with van der Waals surface area (Å²) in [6, 6.07) is 12.4. The van der Waals surface area contributed by atoms with Gasteiger partial charge in [0.2, 0.25) is 0 Å². The molecule has 1 aliphatic carbocycles. The fourth-order valence-corrected chi connectivity index (χ4v) is 5.38. The first-order valence-corrected chi connectivity index (χ1v) is 11.5. The highest BCUT2D eigenvalue weighted by atomic mass is 32.1. The second-order valence-electron chi connectivity index (χ2n) is 8.24. The van der Waals surface area contributed by atoms with Crippen LogP contribution in [0.4, 0.5) is 5.69 Å². The van der Waals surface area contributed by atoms with E-state index in [-0.39, 0.29) is 23.6 Å². The van der Waals surface area contributed by atoms with Gasteiger partial charge in [-0.25, -0.2) is 4.79 Å². The van der Waals surface area contributed by atoms with Crippen LogP contribution in [0.2, 0.25) is 0 Å². The lowest BCUT2D eigenvalue weighted by molar-refractivity contribution is -0.138. The van der Waals surface area contributed by atoms with Gasteiger partial charge in [0, 0.05) is 48.0 Å². The normalized spacial score (nSPS) is 21.0. The molecule has 0 saturated heterocycles. The van der Waals surface area contributed by atoms with E-state index in [1.807, 2.05) is 38.5 Å². The number of allylic oxidation sites excluding steroid dienone is 3. The lowest BCUT2D eigenvalue weighted by Crippen LogP contribution is -2.35. The van der Waals surface area contributed by atoms with Gasteiger partial charge in [-0.15, -0.1) is 11.3 Å². The molecular formula is C25H28N2O3S. The van der Waals surface area contributed by atoms with Crippen LogP contribution in [0.15, 0.2) is 64.3 Å². The van der Waals surface area contributed by atoms with Crippen molar-refractivity contribution in [1.29, 1.82) is 0 Å². The third-order valence-electron chi connectivity index (χ3n) is 6.03. The molecule has 1 aromatic heterocycles. The van der Waals surface area contributed by atoms with Crippen LogP contribution in [0, 0.1) is 0 Å². The van der Waals surface area contributed by atoms with Crippen LogP contribution >= 0.6 is 11.3 Å². The van der Waals surface area contributed by atoms with Crippen LogP contribution in [-0.2, 0) is 14.3 Å². The van der Waals surface area contributed by atoms with Crippen molar-refractivity contribution in [2.75, 3.05) is 25.6 Å². The van der Waals surface area contributed by atoms with Crippen LogP contribution in [0.5, 0.6) is 0 Å². The third-order valence-corrected chi connectivity index (χ3v) is 6.97. The first kappa shape index (κ1) is 21.4. The molecule has 0 amide bonds. The second kappa shape index (κ2) is 8.71. The van der Waals surface area contributed by atoms with Crippen LogP contribution in [0.3, 0.4) is 0 Å². The molecule has 162 valence electrons. The molecule has 2 heterocycles. The predicted molar refractivity (Wildman–Crippen MR) is 124 cm³/mol. The van der Waals surface area contributed by atoms with Gasteiger partial charge in [0.25, 0.3) is 0 Å². The number of carbonyl (C=O) groups excluding carboxylic acids is 2. The van der Waals surface area contributed by atoms with E-state index in [1.54, 1.807) is 18.3 Å². The molecule has 5 nitrogen and oxygen atoms in total. The topological polar surface area (TPSA) is 58.6 Å². The molecule has 2 atom stereocenters. The largest absolute Gasteiger partial charge is 0.463 e. The van der Waals surface area contributed by atoms with E-state index in [9.17, 15) is 9.59 Å². The van der Waals surface area contributed by atoms with Crippen molar-refractivity contribution in [2.45, 2.75) is 38.5 Å². The highest BCUT2D eigenvalue weighted by molar-refractivity contribution is 7.10. The van der Waals surface area contributed by atoms with E-state index < -0.39 is 0 Å². The van der Waals surface area contributed by atoms with E-state index >= 15 is 0 Å². The average Bonchev–Trinajstić information content (AvgIpc) is 3.27. The van der Waals surface area contributed by atoms with Gasteiger partial charge in [-0.1, -0.05) is 18.2 Å². The Morgan fingerprint density at radius 2 is 1.94 bits per heavy atom. The number of esters is 1. The number of nitrogens with one attached hydrogen (secondary N) is 1. The zero-order valence-corrected chi connectivity index (χ0v) is 19.2. The number of Topliss-reactive ketones (excluding diaryl/α,β-unsaturated/α-hetero) is 1. The van der Waals surface area contributed by atoms with Gasteiger partial charge in [-0.2, -0.15) is 0 Å². The molecule has 0 bridgehead atoms. The van der Waals surface area contributed by atoms with Gasteiger partial charge in [0.1, 0.15) is 0 Å². The van der Waals surface area contributed by atoms with Gasteiger partial charge >= 0.3 is 5.97 Å². The lowest BCUT2D eigenvalue weighted by atomic mass is 9.73.